The van der Waals surface area contributed by atoms with Crippen molar-refractivity contribution in [1.82, 2.24) is 0 Å². The molecule has 0 aromatic heterocycles. The summed E-state index contributed by atoms with van der Waals surface area (Å²) in [6, 6.07) is 21.5. The monoisotopic (exact) mass is 425 g/mol. The maximum absolute atomic E-state index is 12.9. The summed E-state index contributed by atoms with van der Waals surface area (Å²) in [5, 5.41) is 6.07. The van der Waals surface area contributed by atoms with Crippen LogP contribution in [0.1, 0.15) is 17.3 Å². The number of hydrogen-bond acceptors (Lipinski definition) is 5. The summed E-state index contributed by atoms with van der Waals surface area (Å²) in [4.78, 5) is 12.9. The molecule has 0 heterocycles. The van der Waals surface area contributed by atoms with Gasteiger partial charge in [0, 0.05) is 17.4 Å². The number of carbonyl (C=O) groups excluding carboxylic acids is 1. The third kappa shape index (κ3) is 5.30. The van der Waals surface area contributed by atoms with E-state index in [2.05, 4.69) is 15.4 Å². The van der Waals surface area contributed by atoms with E-state index < -0.39 is 10.0 Å². The summed E-state index contributed by atoms with van der Waals surface area (Å²) < 4.78 is 31.4. The molecule has 0 atom stereocenters. The Morgan fingerprint density at radius 1 is 0.900 bits per heavy atom. The van der Waals surface area contributed by atoms with Crippen LogP contribution >= 0.6 is 0 Å². The van der Waals surface area contributed by atoms with Crippen molar-refractivity contribution >= 4 is 38.7 Å². The molecule has 3 rings (SSSR count). The van der Waals surface area contributed by atoms with E-state index in [1.165, 1.54) is 7.11 Å². The fourth-order valence-corrected chi connectivity index (χ4v) is 3.41. The predicted molar refractivity (Wildman–Crippen MR) is 120 cm³/mol. The standard InChI is InChI=1S/C22H23N3O4S/c1-3-30(27,28)25-20-14-13-17(15-21(20)29-2)24-22(26)18-11-7-8-12-19(18)23-16-9-5-4-6-10-16/h4-15,23,25H,3H2,1-2H3,(H,24,26). The second-order valence-corrected chi connectivity index (χ2v) is 8.42. The lowest BCUT2D eigenvalue weighted by atomic mass is 10.1. The van der Waals surface area contributed by atoms with Gasteiger partial charge < -0.3 is 15.4 Å². The predicted octanol–water partition coefficient (Wildman–Crippen LogP) is 4.45. The van der Waals surface area contributed by atoms with Gasteiger partial charge in [-0.15, -0.1) is 0 Å². The van der Waals surface area contributed by atoms with Crippen molar-refractivity contribution in [3.63, 3.8) is 0 Å². The van der Waals surface area contributed by atoms with Gasteiger partial charge in [0.15, 0.2) is 0 Å². The SMILES string of the molecule is CCS(=O)(=O)Nc1ccc(NC(=O)c2ccccc2Nc2ccccc2)cc1OC. The van der Waals surface area contributed by atoms with Crippen LogP contribution in [0.5, 0.6) is 5.75 Å². The quantitative estimate of drug-likeness (QED) is 0.495. The van der Waals surface area contributed by atoms with E-state index in [1.54, 1.807) is 37.3 Å². The second-order valence-electron chi connectivity index (χ2n) is 6.41. The molecule has 0 bridgehead atoms. The normalized spacial score (nSPS) is 10.9. The third-order valence-electron chi connectivity index (χ3n) is 4.33. The first-order valence-corrected chi connectivity index (χ1v) is 11.0. The number of methoxy groups -OCH3 is 1. The second kappa shape index (κ2) is 9.32. The van der Waals surface area contributed by atoms with E-state index in [1.807, 2.05) is 42.5 Å². The van der Waals surface area contributed by atoms with Gasteiger partial charge in [0.25, 0.3) is 5.91 Å². The topological polar surface area (TPSA) is 96.5 Å². The molecular formula is C22H23N3O4S. The van der Waals surface area contributed by atoms with E-state index in [4.69, 9.17) is 4.74 Å². The lowest BCUT2D eigenvalue weighted by Crippen LogP contribution is -2.16. The van der Waals surface area contributed by atoms with Gasteiger partial charge in [0.05, 0.1) is 29.8 Å². The fourth-order valence-electron chi connectivity index (χ4n) is 2.76. The number of rotatable bonds is 8. The van der Waals surface area contributed by atoms with Gasteiger partial charge in [-0.25, -0.2) is 8.42 Å². The first-order chi connectivity index (χ1) is 14.4. The minimum Gasteiger partial charge on any atom is -0.494 e. The zero-order chi connectivity index (χ0) is 21.6. The highest BCUT2D eigenvalue weighted by Gasteiger charge is 2.15. The lowest BCUT2D eigenvalue weighted by Gasteiger charge is -2.14. The molecule has 0 aliphatic rings. The number of hydrogen-bond donors (Lipinski definition) is 3. The minimum absolute atomic E-state index is 0.0557. The van der Waals surface area contributed by atoms with Crippen molar-refractivity contribution < 1.29 is 17.9 Å². The Kier molecular flexibility index (Phi) is 6.58. The Hall–Kier alpha value is -3.52. The molecule has 0 unspecified atom stereocenters. The summed E-state index contributed by atoms with van der Waals surface area (Å²) in [7, 11) is -2.01. The molecule has 7 nitrogen and oxygen atoms in total. The van der Waals surface area contributed by atoms with E-state index in [9.17, 15) is 13.2 Å². The molecule has 3 aromatic rings. The van der Waals surface area contributed by atoms with E-state index >= 15 is 0 Å². The first-order valence-electron chi connectivity index (χ1n) is 9.33. The molecule has 0 saturated carbocycles. The zero-order valence-corrected chi connectivity index (χ0v) is 17.5. The number of ether oxygens (including phenoxy) is 1. The Morgan fingerprint density at radius 2 is 1.60 bits per heavy atom. The molecule has 8 heteroatoms. The van der Waals surface area contributed by atoms with Crippen LogP contribution in [0.4, 0.5) is 22.7 Å². The van der Waals surface area contributed by atoms with Gasteiger partial charge in [-0.1, -0.05) is 30.3 Å². The van der Waals surface area contributed by atoms with Crippen LogP contribution in [-0.4, -0.2) is 27.2 Å². The molecule has 0 radical (unpaired) electrons. The van der Waals surface area contributed by atoms with Crippen molar-refractivity contribution in [2.45, 2.75) is 6.92 Å². The number of para-hydroxylation sites is 2. The Labute approximate surface area is 176 Å². The van der Waals surface area contributed by atoms with Gasteiger partial charge in [-0.05, 0) is 43.3 Å². The number of sulfonamides is 1. The highest BCUT2D eigenvalue weighted by Crippen LogP contribution is 2.29. The number of benzene rings is 3. The van der Waals surface area contributed by atoms with Crippen LogP contribution in [0.3, 0.4) is 0 Å². The van der Waals surface area contributed by atoms with Crippen LogP contribution in [-0.2, 0) is 10.0 Å². The smallest absolute Gasteiger partial charge is 0.257 e. The number of anilines is 4. The summed E-state index contributed by atoms with van der Waals surface area (Å²) >= 11 is 0. The van der Waals surface area contributed by atoms with Crippen molar-refractivity contribution in [2.24, 2.45) is 0 Å². The number of carbonyl (C=O) groups is 1. The molecular weight excluding hydrogens is 402 g/mol. The van der Waals surface area contributed by atoms with Gasteiger partial charge in [-0.3, -0.25) is 9.52 Å². The molecule has 156 valence electrons. The van der Waals surface area contributed by atoms with Crippen molar-refractivity contribution in [2.75, 3.05) is 28.2 Å². The summed E-state index contributed by atoms with van der Waals surface area (Å²) in [5.74, 6) is -0.0571. The fraction of sp³-hybridized carbons (Fsp3) is 0.136. The molecule has 30 heavy (non-hydrogen) atoms. The summed E-state index contributed by atoms with van der Waals surface area (Å²) in [5.41, 5.74) is 2.79. The van der Waals surface area contributed by atoms with Gasteiger partial charge in [-0.2, -0.15) is 0 Å². The lowest BCUT2D eigenvalue weighted by molar-refractivity contribution is 0.102. The third-order valence-corrected chi connectivity index (χ3v) is 5.62. The molecule has 0 aliphatic carbocycles. The average Bonchev–Trinajstić information content (AvgIpc) is 2.75. The maximum atomic E-state index is 12.9. The van der Waals surface area contributed by atoms with E-state index in [-0.39, 0.29) is 11.7 Å². The highest BCUT2D eigenvalue weighted by atomic mass is 32.2. The molecule has 1 amide bonds. The van der Waals surface area contributed by atoms with Crippen molar-refractivity contribution in [3.8, 4) is 5.75 Å². The molecule has 0 fully saturated rings. The minimum atomic E-state index is -3.45. The van der Waals surface area contributed by atoms with Gasteiger partial charge in [0.2, 0.25) is 10.0 Å². The van der Waals surface area contributed by atoms with E-state index in [0.29, 0.717) is 28.4 Å². The van der Waals surface area contributed by atoms with Crippen LogP contribution < -0.4 is 20.1 Å². The van der Waals surface area contributed by atoms with Crippen molar-refractivity contribution in [3.05, 3.63) is 78.4 Å². The molecule has 0 saturated heterocycles. The molecule has 3 N–H and O–H groups in total. The Balaban J connectivity index is 1.81. The van der Waals surface area contributed by atoms with Gasteiger partial charge >= 0.3 is 0 Å². The maximum Gasteiger partial charge on any atom is 0.257 e. The summed E-state index contributed by atoms with van der Waals surface area (Å²) in [6.45, 7) is 1.55. The van der Waals surface area contributed by atoms with Crippen LogP contribution in [0.2, 0.25) is 0 Å². The zero-order valence-electron chi connectivity index (χ0n) is 16.7. The number of nitrogens with one attached hydrogen (secondary N) is 3. The number of amides is 1. The van der Waals surface area contributed by atoms with Crippen molar-refractivity contribution in [1.29, 1.82) is 0 Å². The highest BCUT2D eigenvalue weighted by molar-refractivity contribution is 7.92. The first kappa shape index (κ1) is 21.2. The molecule has 3 aromatic carbocycles. The van der Waals surface area contributed by atoms with Crippen LogP contribution in [0.25, 0.3) is 0 Å². The molecule has 0 spiro atoms. The van der Waals surface area contributed by atoms with Gasteiger partial charge in [0.1, 0.15) is 5.75 Å². The summed E-state index contributed by atoms with van der Waals surface area (Å²) in [6.07, 6.45) is 0. The largest absolute Gasteiger partial charge is 0.494 e. The average molecular weight is 426 g/mol. The Morgan fingerprint density at radius 3 is 2.30 bits per heavy atom. The molecule has 0 aliphatic heterocycles. The van der Waals surface area contributed by atoms with Crippen LogP contribution in [0.15, 0.2) is 72.8 Å². The Bertz CT molecular complexity index is 1130. The van der Waals surface area contributed by atoms with Crippen LogP contribution in [0, 0.1) is 0 Å². The van der Waals surface area contributed by atoms with E-state index in [0.717, 1.165) is 5.69 Å².